The first-order valence-electron chi connectivity index (χ1n) is 13.6. The van der Waals surface area contributed by atoms with Crippen LogP contribution in [-0.2, 0) is 4.79 Å². The summed E-state index contributed by atoms with van der Waals surface area (Å²) in [7, 11) is 4.11. The number of carbonyl (C=O) groups excluding carboxylic acids is 1. The minimum absolute atomic E-state index is 0.838. The number of hydrogen-bond acceptors (Lipinski definition) is 2. The van der Waals surface area contributed by atoms with Crippen molar-refractivity contribution in [3.05, 3.63) is 92.1 Å². The predicted molar refractivity (Wildman–Crippen MR) is 179 cm³/mol. The third-order valence-corrected chi connectivity index (χ3v) is 4.12. The van der Waals surface area contributed by atoms with Crippen molar-refractivity contribution in [1.82, 2.24) is 4.90 Å². The van der Waals surface area contributed by atoms with Crippen molar-refractivity contribution >= 4 is 5.94 Å². The van der Waals surface area contributed by atoms with Crippen LogP contribution in [0.2, 0.25) is 0 Å². The molecule has 0 spiro atoms. The summed E-state index contributed by atoms with van der Waals surface area (Å²) in [5.41, 5.74) is 4.81. The van der Waals surface area contributed by atoms with Gasteiger partial charge < -0.3 is 4.90 Å². The molecule has 0 atom stereocenters. The fourth-order valence-corrected chi connectivity index (χ4v) is 1.90. The van der Waals surface area contributed by atoms with Gasteiger partial charge in [-0.3, -0.25) is 0 Å². The molecule has 0 bridgehead atoms. The Hall–Kier alpha value is -2.41. The molecule has 0 amide bonds. The highest BCUT2D eigenvalue weighted by molar-refractivity contribution is 5.50. The summed E-state index contributed by atoms with van der Waals surface area (Å²) in [4.78, 5) is 12.2. The zero-order chi connectivity index (χ0) is 31.1. The van der Waals surface area contributed by atoms with E-state index >= 15 is 0 Å². The van der Waals surface area contributed by atoms with Crippen LogP contribution in [0.25, 0.3) is 0 Å². The second-order valence-electron chi connectivity index (χ2n) is 7.81. The first-order valence-corrected chi connectivity index (χ1v) is 13.6. The molecule has 0 saturated heterocycles. The molecular weight excluding hydrogens is 450 g/mol. The van der Waals surface area contributed by atoms with Crippen LogP contribution < -0.4 is 0 Å². The second kappa shape index (κ2) is 54.5. The molecule has 0 aromatic rings. The van der Waals surface area contributed by atoms with E-state index in [1.165, 1.54) is 29.6 Å². The van der Waals surface area contributed by atoms with Gasteiger partial charge in [-0.25, -0.2) is 4.79 Å². The van der Waals surface area contributed by atoms with Crippen molar-refractivity contribution in [2.24, 2.45) is 0 Å². The molecule has 0 rings (SSSR count). The molecule has 37 heavy (non-hydrogen) atoms. The fraction of sp³-hybridized carbons (Fsp3) is 0.543. The Balaban J connectivity index is -0.0000000656. The smallest absolute Gasteiger partial charge is 0.123 e. The minimum atomic E-state index is 0.838. The van der Waals surface area contributed by atoms with Crippen molar-refractivity contribution < 1.29 is 4.79 Å². The molecule has 0 aromatic carbocycles. The lowest BCUT2D eigenvalue weighted by Gasteiger charge is -2.00. The average molecular weight is 518 g/mol. The SMILES string of the molecule is C=C.C=C.C=C(C)CCCCCC(C)=C=O.C=CC.CC.CCN(C)C.C\C=C/C(=C\C(C)=C\C)CC. The quantitative estimate of drug-likeness (QED) is 0.124. The minimum Gasteiger partial charge on any atom is -0.310 e. The van der Waals surface area contributed by atoms with Crippen LogP contribution in [-0.4, -0.2) is 31.5 Å². The average Bonchev–Trinajstić information content (AvgIpc) is 2.92. The summed E-state index contributed by atoms with van der Waals surface area (Å²) in [6.07, 6.45) is 16.9. The van der Waals surface area contributed by atoms with Crippen molar-refractivity contribution in [2.45, 2.75) is 108 Å². The Morgan fingerprint density at radius 2 is 1.27 bits per heavy atom. The zero-order valence-corrected chi connectivity index (χ0v) is 27.4. The van der Waals surface area contributed by atoms with Crippen molar-refractivity contribution in [2.75, 3.05) is 20.6 Å². The molecule has 2 nitrogen and oxygen atoms in total. The van der Waals surface area contributed by atoms with Gasteiger partial charge in [0.1, 0.15) is 5.94 Å². The molecule has 0 aliphatic heterocycles. The summed E-state index contributed by atoms with van der Waals surface area (Å²) in [6.45, 7) is 40.7. The lowest BCUT2D eigenvalue weighted by atomic mass is 10.1. The van der Waals surface area contributed by atoms with E-state index in [-0.39, 0.29) is 0 Å². The Labute approximate surface area is 236 Å². The van der Waals surface area contributed by atoms with E-state index in [0.717, 1.165) is 37.8 Å². The van der Waals surface area contributed by atoms with E-state index in [9.17, 15) is 4.79 Å². The number of unbranched alkanes of at least 4 members (excludes halogenated alkanes) is 2. The third kappa shape index (κ3) is 79.1. The maximum atomic E-state index is 10.1. The highest BCUT2D eigenvalue weighted by Crippen LogP contribution is 2.10. The van der Waals surface area contributed by atoms with E-state index in [1.807, 2.05) is 33.6 Å². The zero-order valence-electron chi connectivity index (χ0n) is 27.4. The van der Waals surface area contributed by atoms with Crippen molar-refractivity contribution in [3.8, 4) is 0 Å². The topological polar surface area (TPSA) is 20.3 Å². The molecule has 0 aliphatic rings. The summed E-state index contributed by atoms with van der Waals surface area (Å²) in [5.74, 6) is 1.91. The normalized spacial score (nSPS) is 9.32. The van der Waals surface area contributed by atoms with Crippen LogP contribution in [0.5, 0.6) is 0 Å². The molecule has 0 unspecified atom stereocenters. The molecular formula is C35H67NO. The van der Waals surface area contributed by atoms with Crippen molar-refractivity contribution in [3.63, 3.8) is 0 Å². The van der Waals surface area contributed by atoms with E-state index < -0.39 is 0 Å². The van der Waals surface area contributed by atoms with Gasteiger partial charge in [0.05, 0.1) is 0 Å². The molecule has 0 aromatic heterocycles. The Morgan fingerprint density at radius 3 is 1.54 bits per heavy atom. The molecule has 0 fully saturated rings. The van der Waals surface area contributed by atoms with Gasteiger partial charge in [-0.2, -0.15) is 0 Å². The molecule has 0 saturated carbocycles. The van der Waals surface area contributed by atoms with Gasteiger partial charge in [0.15, 0.2) is 0 Å². The summed E-state index contributed by atoms with van der Waals surface area (Å²) in [6, 6.07) is 0. The molecule has 0 aliphatic carbocycles. The van der Waals surface area contributed by atoms with E-state index in [4.69, 9.17) is 0 Å². The lowest BCUT2D eigenvalue weighted by molar-refractivity contribution is 0.434. The van der Waals surface area contributed by atoms with E-state index in [1.54, 1.807) is 6.08 Å². The monoisotopic (exact) mass is 518 g/mol. The van der Waals surface area contributed by atoms with Gasteiger partial charge in [0, 0.05) is 5.57 Å². The maximum Gasteiger partial charge on any atom is 0.123 e. The first kappa shape index (κ1) is 51.3. The van der Waals surface area contributed by atoms with Gasteiger partial charge in [0.2, 0.25) is 0 Å². The van der Waals surface area contributed by atoms with Gasteiger partial charge >= 0.3 is 0 Å². The molecule has 2 heteroatoms. The van der Waals surface area contributed by atoms with Crippen molar-refractivity contribution in [1.29, 1.82) is 0 Å². The van der Waals surface area contributed by atoms with Crippen LogP contribution in [0.4, 0.5) is 0 Å². The fourth-order valence-electron chi connectivity index (χ4n) is 1.90. The van der Waals surface area contributed by atoms with Crippen LogP contribution in [0.3, 0.4) is 0 Å². The molecule has 218 valence electrons. The highest BCUT2D eigenvalue weighted by Gasteiger charge is 1.92. The summed E-state index contributed by atoms with van der Waals surface area (Å²) < 4.78 is 0. The molecule has 0 N–H and O–H groups in total. The van der Waals surface area contributed by atoms with Crippen LogP contribution in [0.15, 0.2) is 92.1 Å². The van der Waals surface area contributed by atoms with Crippen LogP contribution in [0, 0.1) is 0 Å². The Morgan fingerprint density at radius 1 is 0.865 bits per heavy atom. The van der Waals surface area contributed by atoms with Crippen LogP contribution in [0.1, 0.15) is 108 Å². The van der Waals surface area contributed by atoms with E-state index in [2.05, 4.69) is 124 Å². The van der Waals surface area contributed by atoms with Gasteiger partial charge in [-0.05, 0) is 99.9 Å². The lowest BCUT2D eigenvalue weighted by Crippen LogP contribution is -2.08. The highest BCUT2D eigenvalue weighted by atomic mass is 16.1. The molecule has 0 heterocycles. The Bertz CT molecular complexity index is 582. The van der Waals surface area contributed by atoms with Gasteiger partial charge in [0.25, 0.3) is 0 Å². The number of allylic oxidation sites excluding steroid dienone is 9. The first-order chi connectivity index (χ1) is 17.6. The number of hydrogen-bond donors (Lipinski definition) is 0. The Kier molecular flexibility index (Phi) is 75.5. The number of rotatable bonds is 10. The predicted octanol–water partition coefficient (Wildman–Crippen LogP) is 11.5. The van der Waals surface area contributed by atoms with E-state index in [0.29, 0.717) is 0 Å². The van der Waals surface area contributed by atoms with Gasteiger partial charge in [-0.15, -0.1) is 39.5 Å². The second-order valence-corrected chi connectivity index (χ2v) is 7.81. The largest absolute Gasteiger partial charge is 0.310 e. The summed E-state index contributed by atoms with van der Waals surface area (Å²) in [5, 5.41) is 0. The van der Waals surface area contributed by atoms with Gasteiger partial charge in [-0.1, -0.05) is 75.6 Å². The third-order valence-electron chi connectivity index (χ3n) is 4.12. The maximum absolute atomic E-state index is 10.1. The van der Waals surface area contributed by atoms with Crippen LogP contribution >= 0.6 is 0 Å². The standard InChI is InChI=1S/C11H18O.C11H18.C4H11N.C3H6.C2H6.2C2H4/c1-10(2)7-5-4-6-8-11(3)9-12;1-5-8-11(7-3)9-10(4)6-2;1-4-5(2)3;1-3-2;3*1-2/h1,4-8H2,2-3H3;5-6,8-9H,7H2,1-4H3;4H2,1-3H3;3H,1H2,2H3;1-2H3;2*1-2H2/b;8-5-,10-6+,11-9-;;;;;. The molecule has 0 radical (unpaired) electrons. The summed E-state index contributed by atoms with van der Waals surface area (Å²) >= 11 is 0. The number of nitrogens with zero attached hydrogens (tertiary/aromatic N) is 1.